The van der Waals surface area contributed by atoms with Crippen LogP contribution in [0.3, 0.4) is 0 Å². The minimum atomic E-state index is -0.517. The molecule has 124 valence electrons. The Balaban J connectivity index is 1.80. The molecule has 2 N–H and O–H groups in total. The van der Waals surface area contributed by atoms with E-state index in [0.717, 1.165) is 16.8 Å². The van der Waals surface area contributed by atoms with Crippen molar-refractivity contribution in [1.82, 2.24) is 24.8 Å². The second-order valence-electron chi connectivity index (χ2n) is 5.49. The first-order valence-electron chi connectivity index (χ1n) is 7.45. The zero-order chi connectivity index (χ0) is 17.1. The minimum Gasteiger partial charge on any atom is -0.484 e. The molecule has 2 aromatic heterocycles. The van der Waals surface area contributed by atoms with Gasteiger partial charge in [0, 0.05) is 24.4 Å². The Kier molecular flexibility index (Phi) is 4.28. The highest BCUT2D eigenvalue weighted by atomic mass is 16.5. The maximum absolute atomic E-state index is 10.8. The molecule has 3 aromatic rings. The lowest BCUT2D eigenvalue weighted by Gasteiger charge is -2.08. The van der Waals surface area contributed by atoms with Crippen LogP contribution in [-0.4, -0.2) is 37.3 Å². The van der Waals surface area contributed by atoms with Crippen LogP contribution in [0.5, 0.6) is 5.75 Å². The highest BCUT2D eigenvalue weighted by molar-refractivity contribution is 5.75. The van der Waals surface area contributed by atoms with Crippen molar-refractivity contribution >= 4 is 5.91 Å². The smallest absolute Gasteiger partial charge is 0.255 e. The molecule has 1 amide bonds. The van der Waals surface area contributed by atoms with E-state index in [2.05, 4.69) is 15.4 Å². The summed E-state index contributed by atoms with van der Waals surface area (Å²) in [4.78, 5) is 10.8. The van der Waals surface area contributed by atoms with Gasteiger partial charge in [-0.1, -0.05) is 17.3 Å². The average Bonchev–Trinajstić information content (AvgIpc) is 3.22. The van der Waals surface area contributed by atoms with Gasteiger partial charge in [0.2, 0.25) is 0 Å². The van der Waals surface area contributed by atoms with E-state index in [0.29, 0.717) is 5.75 Å². The minimum absolute atomic E-state index is 0.0224. The maximum Gasteiger partial charge on any atom is 0.255 e. The third kappa shape index (κ3) is 3.43. The standard InChI is InChI=1S/C16H18N6O2/c1-11(13-7-18-21(2)8-13)22-9-15(19-20-22)12-4-3-5-14(6-12)24-10-16(17)23/h3-9,11H,10H2,1-2H3,(H2,17,23)/t11-/m1/s1. The molecule has 3 rings (SSSR count). The van der Waals surface area contributed by atoms with Gasteiger partial charge in [0.25, 0.3) is 5.91 Å². The van der Waals surface area contributed by atoms with Gasteiger partial charge in [0.15, 0.2) is 6.61 Å². The van der Waals surface area contributed by atoms with E-state index in [-0.39, 0.29) is 12.6 Å². The van der Waals surface area contributed by atoms with Crippen molar-refractivity contribution in [2.45, 2.75) is 13.0 Å². The molecule has 8 nitrogen and oxygen atoms in total. The van der Waals surface area contributed by atoms with Gasteiger partial charge >= 0.3 is 0 Å². The van der Waals surface area contributed by atoms with Crippen molar-refractivity contribution in [3.8, 4) is 17.0 Å². The van der Waals surface area contributed by atoms with E-state index in [1.807, 2.05) is 44.7 Å². The Hall–Kier alpha value is -3.16. The number of aryl methyl sites for hydroxylation is 1. The summed E-state index contributed by atoms with van der Waals surface area (Å²) in [7, 11) is 1.88. The van der Waals surface area contributed by atoms with Gasteiger partial charge in [-0.2, -0.15) is 5.10 Å². The molecule has 0 radical (unpaired) electrons. The van der Waals surface area contributed by atoms with Crippen LogP contribution in [0, 0.1) is 0 Å². The molecule has 0 aliphatic carbocycles. The van der Waals surface area contributed by atoms with Gasteiger partial charge < -0.3 is 10.5 Å². The van der Waals surface area contributed by atoms with Crippen LogP contribution in [0.25, 0.3) is 11.3 Å². The number of amides is 1. The Morgan fingerprint density at radius 3 is 2.92 bits per heavy atom. The number of carbonyl (C=O) groups is 1. The molecule has 24 heavy (non-hydrogen) atoms. The number of primary amides is 1. The van der Waals surface area contributed by atoms with Crippen LogP contribution in [0.15, 0.2) is 42.9 Å². The summed E-state index contributed by atoms with van der Waals surface area (Å²) in [6.45, 7) is 1.87. The van der Waals surface area contributed by atoms with E-state index in [4.69, 9.17) is 10.5 Å². The molecule has 8 heteroatoms. The highest BCUT2D eigenvalue weighted by Gasteiger charge is 2.13. The van der Waals surface area contributed by atoms with Crippen LogP contribution in [0.4, 0.5) is 0 Å². The first-order valence-corrected chi connectivity index (χ1v) is 7.45. The van der Waals surface area contributed by atoms with Crippen LogP contribution in [0.2, 0.25) is 0 Å². The zero-order valence-corrected chi connectivity index (χ0v) is 13.5. The molecular weight excluding hydrogens is 308 g/mol. The Morgan fingerprint density at radius 1 is 1.38 bits per heavy atom. The topological polar surface area (TPSA) is 101 Å². The quantitative estimate of drug-likeness (QED) is 0.732. The van der Waals surface area contributed by atoms with E-state index in [1.165, 1.54) is 0 Å². The maximum atomic E-state index is 10.8. The largest absolute Gasteiger partial charge is 0.484 e. The summed E-state index contributed by atoms with van der Waals surface area (Å²) in [6, 6.07) is 7.31. The zero-order valence-electron chi connectivity index (χ0n) is 13.5. The lowest BCUT2D eigenvalue weighted by Crippen LogP contribution is -2.19. The van der Waals surface area contributed by atoms with Gasteiger partial charge in [0.05, 0.1) is 18.4 Å². The van der Waals surface area contributed by atoms with Crippen LogP contribution in [-0.2, 0) is 11.8 Å². The highest BCUT2D eigenvalue weighted by Crippen LogP contribution is 2.24. The van der Waals surface area contributed by atoms with Gasteiger partial charge in [0.1, 0.15) is 11.4 Å². The summed E-state index contributed by atoms with van der Waals surface area (Å²) in [6.07, 6.45) is 5.62. The Morgan fingerprint density at radius 2 is 2.21 bits per heavy atom. The van der Waals surface area contributed by atoms with Gasteiger partial charge in [-0.3, -0.25) is 9.48 Å². The van der Waals surface area contributed by atoms with Crippen LogP contribution in [0.1, 0.15) is 18.5 Å². The number of benzene rings is 1. The van der Waals surface area contributed by atoms with E-state index in [9.17, 15) is 4.79 Å². The van der Waals surface area contributed by atoms with Crippen molar-refractivity contribution in [3.63, 3.8) is 0 Å². The third-order valence-electron chi connectivity index (χ3n) is 3.63. The Labute approximate surface area is 138 Å². The average molecular weight is 326 g/mol. The number of aromatic nitrogens is 5. The van der Waals surface area contributed by atoms with E-state index < -0.39 is 5.91 Å². The number of nitrogens with two attached hydrogens (primary N) is 1. The molecule has 0 aliphatic rings. The number of rotatable bonds is 6. The van der Waals surface area contributed by atoms with Crippen LogP contribution >= 0.6 is 0 Å². The molecule has 0 saturated carbocycles. The van der Waals surface area contributed by atoms with Crippen LogP contribution < -0.4 is 10.5 Å². The normalized spacial score (nSPS) is 12.1. The molecule has 0 unspecified atom stereocenters. The summed E-state index contributed by atoms with van der Waals surface area (Å²) < 4.78 is 8.85. The van der Waals surface area contributed by atoms with Gasteiger partial charge in [-0.05, 0) is 19.1 Å². The fraction of sp³-hybridized carbons (Fsp3) is 0.250. The first-order chi connectivity index (χ1) is 11.5. The molecule has 0 saturated heterocycles. The third-order valence-corrected chi connectivity index (χ3v) is 3.63. The van der Waals surface area contributed by atoms with Crippen molar-refractivity contribution in [1.29, 1.82) is 0 Å². The van der Waals surface area contributed by atoms with E-state index in [1.54, 1.807) is 21.5 Å². The summed E-state index contributed by atoms with van der Waals surface area (Å²) in [5.74, 6) is 0.0396. The molecule has 0 aliphatic heterocycles. The van der Waals surface area contributed by atoms with Crippen molar-refractivity contribution in [3.05, 3.63) is 48.4 Å². The SMILES string of the molecule is C[C@H](c1cnn(C)c1)n1cc(-c2cccc(OCC(N)=O)c2)nn1. The lowest BCUT2D eigenvalue weighted by atomic mass is 10.1. The summed E-state index contributed by atoms with van der Waals surface area (Å²) >= 11 is 0. The monoisotopic (exact) mass is 326 g/mol. The number of hydrogen-bond acceptors (Lipinski definition) is 5. The van der Waals surface area contributed by atoms with Crippen molar-refractivity contribution in [2.24, 2.45) is 12.8 Å². The van der Waals surface area contributed by atoms with Crippen molar-refractivity contribution < 1.29 is 9.53 Å². The fourth-order valence-corrected chi connectivity index (χ4v) is 2.31. The van der Waals surface area contributed by atoms with E-state index >= 15 is 0 Å². The van der Waals surface area contributed by atoms with Gasteiger partial charge in [-0.15, -0.1) is 5.10 Å². The molecule has 0 fully saturated rings. The predicted molar refractivity (Wildman–Crippen MR) is 87.2 cm³/mol. The molecular formula is C16H18N6O2. The van der Waals surface area contributed by atoms with Gasteiger partial charge in [-0.25, -0.2) is 4.68 Å². The second kappa shape index (κ2) is 6.53. The summed E-state index contributed by atoms with van der Waals surface area (Å²) in [5.41, 5.74) is 7.70. The second-order valence-corrected chi connectivity index (χ2v) is 5.49. The number of ether oxygens (including phenoxy) is 1. The first kappa shape index (κ1) is 15.7. The predicted octanol–water partition coefficient (Wildman–Crippen LogP) is 1.15. The molecule has 0 bridgehead atoms. The molecule has 1 aromatic carbocycles. The fourth-order valence-electron chi connectivity index (χ4n) is 2.31. The molecule has 2 heterocycles. The number of carbonyl (C=O) groups excluding carboxylic acids is 1. The van der Waals surface area contributed by atoms with Crippen molar-refractivity contribution in [2.75, 3.05) is 6.61 Å². The molecule has 0 spiro atoms. The lowest BCUT2D eigenvalue weighted by molar-refractivity contribution is -0.119. The number of hydrogen-bond donors (Lipinski definition) is 1. The summed E-state index contributed by atoms with van der Waals surface area (Å²) in [5, 5.41) is 12.6. The molecule has 1 atom stereocenters. The Bertz CT molecular complexity index is 854. The number of nitrogens with zero attached hydrogens (tertiary/aromatic N) is 5.